The molecule has 1 N–H and O–H groups in total. The highest BCUT2D eigenvalue weighted by atomic mass is 32.1. The zero-order valence-electron chi connectivity index (χ0n) is 8.88. The molecule has 1 aliphatic rings. The van der Waals surface area contributed by atoms with Crippen LogP contribution in [0.15, 0.2) is 24.3 Å². The van der Waals surface area contributed by atoms with E-state index < -0.39 is 0 Å². The molecule has 1 fully saturated rings. The number of morpholine rings is 1. The van der Waals surface area contributed by atoms with E-state index >= 15 is 0 Å². The molecule has 1 unspecified atom stereocenters. The van der Waals surface area contributed by atoms with E-state index in [9.17, 15) is 4.21 Å². The van der Waals surface area contributed by atoms with Crippen molar-refractivity contribution in [2.75, 3.05) is 13.2 Å². The molecule has 88 valence electrons. The van der Waals surface area contributed by atoms with Crippen LogP contribution in [-0.4, -0.2) is 27.4 Å². The fraction of sp³-hybridized carbons (Fsp3) is 0.273. The Kier molecular flexibility index (Phi) is 3.02. The minimum atomic E-state index is -0.177. The number of para-hydroxylation sites is 1. The van der Waals surface area contributed by atoms with E-state index in [4.69, 9.17) is 4.74 Å². The first-order valence-corrected chi connectivity index (χ1v) is 6.82. The molecule has 6 heteroatoms. The van der Waals surface area contributed by atoms with Gasteiger partial charge in [-0.3, -0.25) is 5.32 Å². The molecule has 0 saturated carbocycles. The van der Waals surface area contributed by atoms with Crippen LogP contribution in [0.2, 0.25) is 0 Å². The Morgan fingerprint density at radius 1 is 1.47 bits per heavy atom. The molecule has 3 rings (SSSR count). The molecule has 1 saturated heterocycles. The predicted octanol–water partition coefficient (Wildman–Crippen LogP) is 1.30. The lowest BCUT2D eigenvalue weighted by atomic mass is 10.3. The first-order valence-electron chi connectivity index (χ1n) is 5.27. The van der Waals surface area contributed by atoms with Gasteiger partial charge in [-0.25, -0.2) is 9.19 Å². The van der Waals surface area contributed by atoms with Crippen LogP contribution >= 0.6 is 11.3 Å². The first-order chi connectivity index (χ1) is 8.38. The van der Waals surface area contributed by atoms with Gasteiger partial charge in [0.2, 0.25) is 0 Å². The molecule has 1 atom stereocenters. The predicted molar refractivity (Wildman–Crippen MR) is 69.5 cm³/mol. The average molecular weight is 266 g/mol. The van der Waals surface area contributed by atoms with Gasteiger partial charge in [-0.15, -0.1) is 11.3 Å². The van der Waals surface area contributed by atoms with E-state index in [1.807, 2.05) is 24.3 Å². The average Bonchev–Trinajstić information content (AvgIpc) is 2.82. The minimum absolute atomic E-state index is 0.177. The van der Waals surface area contributed by atoms with Gasteiger partial charge in [-0.2, -0.15) is 0 Å². The molecule has 1 aromatic carbocycles. The van der Waals surface area contributed by atoms with Gasteiger partial charge in [0.15, 0.2) is 5.05 Å². The van der Waals surface area contributed by atoms with Crippen LogP contribution in [0.5, 0.6) is 0 Å². The van der Waals surface area contributed by atoms with Crippen LogP contribution < -0.4 is 5.32 Å². The first kappa shape index (κ1) is 11.0. The standard InChI is InChI=1S/C11H10N2O2S2/c14-17-11-9(12-5-6-15-11)10-13-7-3-1-2-4-8(7)16-10/h1-4,9,12H,5-6H2. The SMILES string of the molecule is O=S=C1OCCNC1c1nc2ccccc2s1. The van der Waals surface area contributed by atoms with Crippen molar-refractivity contribution >= 4 is 37.9 Å². The maximum atomic E-state index is 11.0. The third-order valence-corrected chi connectivity index (χ3v) is 4.19. The van der Waals surface area contributed by atoms with Crippen LogP contribution in [0, 0.1) is 0 Å². The van der Waals surface area contributed by atoms with Crippen molar-refractivity contribution in [3.63, 3.8) is 0 Å². The van der Waals surface area contributed by atoms with Crippen LogP contribution in [0.4, 0.5) is 0 Å². The van der Waals surface area contributed by atoms with Crippen molar-refractivity contribution in [2.45, 2.75) is 6.04 Å². The number of nitrogens with zero attached hydrogens (tertiary/aromatic N) is 1. The summed E-state index contributed by atoms with van der Waals surface area (Å²) < 4.78 is 17.5. The highest BCUT2D eigenvalue weighted by Crippen LogP contribution is 2.27. The lowest BCUT2D eigenvalue weighted by Crippen LogP contribution is -2.38. The smallest absolute Gasteiger partial charge is 0.169 e. The molecular formula is C11H10N2O2S2. The number of aromatic nitrogens is 1. The molecule has 4 nitrogen and oxygen atoms in total. The number of rotatable bonds is 1. The topological polar surface area (TPSA) is 51.2 Å². The monoisotopic (exact) mass is 266 g/mol. The molecule has 0 aliphatic carbocycles. The zero-order chi connectivity index (χ0) is 11.7. The second-order valence-electron chi connectivity index (χ2n) is 3.66. The van der Waals surface area contributed by atoms with Gasteiger partial charge in [0, 0.05) is 6.54 Å². The van der Waals surface area contributed by atoms with Crippen LogP contribution in [-0.2, 0) is 16.0 Å². The number of hydrogen-bond donors (Lipinski definition) is 1. The third-order valence-electron chi connectivity index (χ3n) is 2.57. The van der Waals surface area contributed by atoms with Gasteiger partial charge in [-0.1, -0.05) is 12.1 Å². The zero-order valence-corrected chi connectivity index (χ0v) is 10.5. The molecular weight excluding hydrogens is 256 g/mol. The van der Waals surface area contributed by atoms with Crippen LogP contribution in [0.25, 0.3) is 10.2 Å². The summed E-state index contributed by atoms with van der Waals surface area (Å²) >= 11 is 2.00. The fourth-order valence-electron chi connectivity index (χ4n) is 1.80. The van der Waals surface area contributed by atoms with Gasteiger partial charge < -0.3 is 4.74 Å². The van der Waals surface area contributed by atoms with Crippen molar-refractivity contribution in [1.82, 2.24) is 10.3 Å². The summed E-state index contributed by atoms with van der Waals surface area (Å²) in [6.45, 7) is 1.29. The number of hydrogen-bond acceptors (Lipinski definition) is 5. The second-order valence-corrected chi connectivity index (χ2v) is 5.29. The van der Waals surface area contributed by atoms with Crippen molar-refractivity contribution in [3.05, 3.63) is 29.3 Å². The number of nitrogens with one attached hydrogen (secondary N) is 1. The number of ether oxygens (including phenoxy) is 1. The Morgan fingerprint density at radius 3 is 3.18 bits per heavy atom. The van der Waals surface area contributed by atoms with Gasteiger partial charge in [0.1, 0.15) is 22.3 Å². The van der Waals surface area contributed by atoms with Crippen molar-refractivity contribution in [3.8, 4) is 0 Å². The quantitative estimate of drug-likeness (QED) is 0.791. The van der Waals surface area contributed by atoms with E-state index in [0.29, 0.717) is 22.9 Å². The number of thiazole rings is 1. The molecule has 1 aliphatic heterocycles. The third kappa shape index (κ3) is 2.04. The van der Waals surface area contributed by atoms with E-state index in [2.05, 4.69) is 10.3 Å². The molecule has 17 heavy (non-hydrogen) atoms. The summed E-state index contributed by atoms with van der Waals surface area (Å²) in [5.41, 5.74) is 0.968. The number of benzene rings is 1. The fourth-order valence-corrected chi connectivity index (χ4v) is 3.33. The second kappa shape index (κ2) is 4.66. The summed E-state index contributed by atoms with van der Waals surface area (Å²) in [5.74, 6) is 0. The molecule has 1 aromatic heterocycles. The van der Waals surface area contributed by atoms with E-state index in [1.165, 1.54) is 0 Å². The molecule has 2 heterocycles. The summed E-state index contributed by atoms with van der Waals surface area (Å²) in [5, 5.41) is 4.62. The Labute approximate surface area is 106 Å². The summed E-state index contributed by atoms with van der Waals surface area (Å²) in [6, 6.07) is 7.78. The summed E-state index contributed by atoms with van der Waals surface area (Å²) in [7, 11) is 0. The molecule has 2 aromatic rings. The van der Waals surface area contributed by atoms with Crippen LogP contribution in [0.1, 0.15) is 11.0 Å². The molecule has 0 bridgehead atoms. The highest BCUT2D eigenvalue weighted by Gasteiger charge is 2.25. The Bertz CT molecular complexity index is 571. The largest absolute Gasteiger partial charge is 0.334 e. The lowest BCUT2D eigenvalue weighted by molar-refractivity contribution is 0.256. The molecule has 0 radical (unpaired) electrons. The molecule has 0 spiro atoms. The molecule has 0 amide bonds. The van der Waals surface area contributed by atoms with Crippen molar-refractivity contribution < 1.29 is 8.95 Å². The normalized spacial score (nSPS) is 20.7. The van der Waals surface area contributed by atoms with E-state index in [1.54, 1.807) is 11.3 Å². The maximum Gasteiger partial charge on any atom is 0.169 e. The van der Waals surface area contributed by atoms with Gasteiger partial charge in [-0.05, 0) is 12.1 Å². The highest BCUT2D eigenvalue weighted by molar-refractivity contribution is 7.66. The van der Waals surface area contributed by atoms with Crippen molar-refractivity contribution in [2.24, 2.45) is 0 Å². The Hall–Kier alpha value is -1.08. The summed E-state index contributed by atoms with van der Waals surface area (Å²) in [6.07, 6.45) is 0. The minimum Gasteiger partial charge on any atom is -0.334 e. The summed E-state index contributed by atoms with van der Waals surface area (Å²) in [4.78, 5) is 4.54. The maximum absolute atomic E-state index is 11.0. The van der Waals surface area contributed by atoms with Gasteiger partial charge in [0.25, 0.3) is 0 Å². The lowest BCUT2D eigenvalue weighted by Gasteiger charge is -2.21. The van der Waals surface area contributed by atoms with Crippen LogP contribution in [0.3, 0.4) is 0 Å². The van der Waals surface area contributed by atoms with E-state index in [-0.39, 0.29) is 6.04 Å². The Balaban J connectivity index is 2.05. The number of fused-ring (bicyclic) bond motifs is 1. The van der Waals surface area contributed by atoms with Gasteiger partial charge >= 0.3 is 0 Å². The van der Waals surface area contributed by atoms with Gasteiger partial charge in [0.05, 0.1) is 16.8 Å². The Morgan fingerprint density at radius 2 is 2.35 bits per heavy atom. The van der Waals surface area contributed by atoms with E-state index in [0.717, 1.165) is 21.8 Å². The van der Waals surface area contributed by atoms with Crippen molar-refractivity contribution in [1.29, 1.82) is 0 Å².